The number of Topliss-reactive ketones (excluding diaryl/α,β-unsaturated/α-hetero) is 1. The summed E-state index contributed by atoms with van der Waals surface area (Å²) in [4.78, 5) is 37.7. The molecule has 0 aromatic heterocycles. The van der Waals surface area contributed by atoms with Gasteiger partial charge in [0.25, 0.3) is 0 Å². The average molecular weight is 349 g/mol. The van der Waals surface area contributed by atoms with Gasteiger partial charge in [-0.2, -0.15) is 14.7 Å². The molecule has 0 aliphatic heterocycles. The van der Waals surface area contributed by atoms with Crippen molar-refractivity contribution in [3.63, 3.8) is 0 Å². The van der Waals surface area contributed by atoms with Gasteiger partial charge in [0.2, 0.25) is 0 Å². The molecule has 23 heavy (non-hydrogen) atoms. The number of carbonyl (C=O) groups is 1. The maximum Gasteiger partial charge on any atom is 0.411 e. The summed E-state index contributed by atoms with van der Waals surface area (Å²) in [6.45, 7) is 2.25. The van der Waals surface area contributed by atoms with Crippen LogP contribution in [0, 0.1) is 0 Å². The molecular weight excluding hydrogens is 311 g/mol. The molecule has 0 unspecified atom stereocenters. The number of rotatable bonds is 17. The minimum Gasteiger partial charge on any atom is -0.295 e. The van der Waals surface area contributed by atoms with E-state index in [2.05, 4.69) is 6.92 Å². The van der Waals surface area contributed by atoms with Gasteiger partial charge in [-0.3, -0.25) is 4.79 Å². The van der Waals surface area contributed by atoms with Crippen LogP contribution in [0.2, 0.25) is 0 Å². The smallest absolute Gasteiger partial charge is 0.295 e. The SMILES string of the molecule is CCCCCCCCCCCCCCCCC(=O)C[P+](O)(O)O. The van der Waals surface area contributed by atoms with Crippen molar-refractivity contribution in [2.45, 2.75) is 103 Å². The molecule has 0 bridgehead atoms. The zero-order valence-corrected chi connectivity index (χ0v) is 15.9. The van der Waals surface area contributed by atoms with Gasteiger partial charge in [-0.1, -0.05) is 90.4 Å². The molecule has 0 amide bonds. The highest BCUT2D eigenvalue weighted by Crippen LogP contribution is 2.44. The second-order valence-corrected chi connectivity index (χ2v) is 8.44. The lowest BCUT2D eigenvalue weighted by atomic mass is 10.0. The van der Waals surface area contributed by atoms with E-state index in [1.165, 1.54) is 70.6 Å². The van der Waals surface area contributed by atoms with Gasteiger partial charge < -0.3 is 0 Å². The predicted octanol–water partition coefficient (Wildman–Crippen LogP) is 5.17. The molecule has 0 heterocycles. The van der Waals surface area contributed by atoms with Crippen LogP contribution >= 0.6 is 7.94 Å². The summed E-state index contributed by atoms with van der Waals surface area (Å²) >= 11 is 0. The lowest BCUT2D eigenvalue weighted by Gasteiger charge is -2.04. The van der Waals surface area contributed by atoms with E-state index >= 15 is 0 Å². The van der Waals surface area contributed by atoms with Crippen LogP contribution < -0.4 is 0 Å². The first-order chi connectivity index (χ1) is 11.0. The summed E-state index contributed by atoms with van der Waals surface area (Å²) in [6.07, 6.45) is 17.6. The third-order valence-electron chi connectivity index (χ3n) is 4.20. The Bertz CT molecular complexity index is 277. The molecule has 0 rings (SSSR count). The molecule has 4 nitrogen and oxygen atoms in total. The van der Waals surface area contributed by atoms with E-state index in [1.54, 1.807) is 0 Å². The molecule has 138 valence electrons. The van der Waals surface area contributed by atoms with E-state index in [4.69, 9.17) is 14.7 Å². The molecule has 0 aromatic rings. The Morgan fingerprint density at radius 3 is 1.35 bits per heavy atom. The van der Waals surface area contributed by atoms with Gasteiger partial charge in [0.15, 0.2) is 11.9 Å². The van der Waals surface area contributed by atoms with E-state index in [0.717, 1.165) is 19.3 Å². The second kappa shape index (κ2) is 15.5. The van der Waals surface area contributed by atoms with Crippen LogP contribution in [0.3, 0.4) is 0 Å². The van der Waals surface area contributed by atoms with E-state index < -0.39 is 14.1 Å². The van der Waals surface area contributed by atoms with Crippen molar-refractivity contribution in [3.05, 3.63) is 0 Å². The highest BCUT2D eigenvalue weighted by molar-refractivity contribution is 7.59. The average Bonchev–Trinajstić information content (AvgIpc) is 2.46. The van der Waals surface area contributed by atoms with Crippen molar-refractivity contribution in [3.8, 4) is 0 Å². The fraction of sp³-hybridized carbons (Fsp3) is 0.944. The second-order valence-electron chi connectivity index (χ2n) is 6.74. The van der Waals surface area contributed by atoms with Gasteiger partial charge in [-0.15, -0.1) is 0 Å². The van der Waals surface area contributed by atoms with Crippen molar-refractivity contribution < 1.29 is 19.5 Å². The van der Waals surface area contributed by atoms with Gasteiger partial charge in [-0.05, 0) is 6.42 Å². The van der Waals surface area contributed by atoms with Gasteiger partial charge in [0.05, 0.1) is 0 Å². The fourth-order valence-electron chi connectivity index (χ4n) is 2.83. The Balaban J connectivity index is 3.15. The zero-order chi connectivity index (χ0) is 17.4. The Labute approximate surface area is 143 Å². The van der Waals surface area contributed by atoms with Gasteiger partial charge in [0.1, 0.15) is 0 Å². The van der Waals surface area contributed by atoms with Crippen molar-refractivity contribution in [1.29, 1.82) is 0 Å². The van der Waals surface area contributed by atoms with E-state index in [-0.39, 0.29) is 5.78 Å². The van der Waals surface area contributed by atoms with Crippen LogP contribution in [-0.4, -0.2) is 26.6 Å². The third kappa shape index (κ3) is 19.9. The molecule has 5 heteroatoms. The van der Waals surface area contributed by atoms with Crippen molar-refractivity contribution in [2.24, 2.45) is 0 Å². The quantitative estimate of drug-likeness (QED) is 0.250. The molecule has 0 saturated carbocycles. The van der Waals surface area contributed by atoms with Gasteiger partial charge in [-0.25, -0.2) is 0 Å². The van der Waals surface area contributed by atoms with E-state index in [9.17, 15) is 4.79 Å². The summed E-state index contributed by atoms with van der Waals surface area (Å²) < 4.78 is 0. The third-order valence-corrected chi connectivity index (χ3v) is 4.97. The normalized spacial score (nSPS) is 11.8. The zero-order valence-electron chi connectivity index (χ0n) is 15.0. The number of hydrogen-bond donors (Lipinski definition) is 3. The first-order valence-corrected chi connectivity index (χ1v) is 11.4. The molecule has 0 spiro atoms. The Morgan fingerprint density at radius 2 is 1.00 bits per heavy atom. The molecule has 3 N–H and O–H groups in total. The largest absolute Gasteiger partial charge is 0.411 e. The van der Waals surface area contributed by atoms with Crippen molar-refractivity contribution in [1.82, 2.24) is 0 Å². The minimum absolute atomic E-state index is 0.246. The molecule has 0 aliphatic rings. The van der Waals surface area contributed by atoms with Gasteiger partial charge in [0, 0.05) is 6.42 Å². The molecule has 0 aliphatic carbocycles. The number of unbranched alkanes of at least 4 members (excludes halogenated alkanes) is 13. The highest BCUT2D eigenvalue weighted by Gasteiger charge is 2.32. The Morgan fingerprint density at radius 1 is 0.652 bits per heavy atom. The number of hydrogen-bond acceptors (Lipinski definition) is 4. The Hall–Kier alpha value is -0.0200. The molecular formula is C18H38O4P+. The summed E-state index contributed by atoms with van der Waals surface area (Å²) in [6, 6.07) is 0. The molecule has 0 atom stereocenters. The minimum atomic E-state index is -3.91. The van der Waals surface area contributed by atoms with Crippen molar-refractivity contribution >= 4 is 13.7 Å². The lowest BCUT2D eigenvalue weighted by molar-refractivity contribution is -0.117. The van der Waals surface area contributed by atoms with Crippen LogP contribution in [-0.2, 0) is 4.79 Å². The van der Waals surface area contributed by atoms with Crippen LogP contribution in [0.15, 0.2) is 0 Å². The van der Waals surface area contributed by atoms with Crippen molar-refractivity contribution in [2.75, 3.05) is 6.16 Å². The number of carbonyl (C=O) groups excluding carboxylic acids is 1. The highest BCUT2D eigenvalue weighted by atomic mass is 31.2. The molecule has 0 fully saturated rings. The summed E-state index contributed by atoms with van der Waals surface area (Å²) in [5, 5.41) is 0. The van der Waals surface area contributed by atoms with E-state index in [1.807, 2.05) is 0 Å². The van der Waals surface area contributed by atoms with Crippen LogP contribution in [0.5, 0.6) is 0 Å². The summed E-state index contributed by atoms with van der Waals surface area (Å²) in [7, 11) is -3.91. The number of ketones is 1. The first kappa shape index (κ1) is 23.0. The van der Waals surface area contributed by atoms with E-state index in [0.29, 0.717) is 6.42 Å². The maximum absolute atomic E-state index is 11.3. The Kier molecular flexibility index (Phi) is 15.5. The molecule has 0 radical (unpaired) electrons. The van der Waals surface area contributed by atoms with Gasteiger partial charge >= 0.3 is 7.94 Å². The summed E-state index contributed by atoms with van der Waals surface area (Å²) in [5.74, 6) is -0.246. The molecule has 0 aromatic carbocycles. The standard InChI is InChI=1S/C18H38O4P/c1-2-3-4-5-6-7-8-9-10-11-12-13-14-15-16-18(19)17-23(20,21)22/h20-22H,2-17H2,1H3/q+1. The summed E-state index contributed by atoms with van der Waals surface area (Å²) in [5.41, 5.74) is 0. The topological polar surface area (TPSA) is 77.8 Å². The molecule has 0 saturated heterocycles. The first-order valence-electron chi connectivity index (χ1n) is 9.53. The monoisotopic (exact) mass is 349 g/mol. The van der Waals surface area contributed by atoms with Crippen LogP contribution in [0.25, 0.3) is 0 Å². The maximum atomic E-state index is 11.3. The lowest BCUT2D eigenvalue weighted by Crippen LogP contribution is -2.08. The van der Waals surface area contributed by atoms with Crippen LogP contribution in [0.1, 0.15) is 103 Å². The fourth-order valence-corrected chi connectivity index (χ4v) is 3.46. The predicted molar refractivity (Wildman–Crippen MR) is 98.4 cm³/mol. The van der Waals surface area contributed by atoms with Crippen LogP contribution in [0.4, 0.5) is 0 Å².